The maximum absolute atomic E-state index is 11.7. The average Bonchev–Trinajstić information content (AvgIpc) is 2.68. The number of benzene rings is 1. The number of halogens is 1. The first kappa shape index (κ1) is 10.9. The Balaban J connectivity index is 2.17. The van der Waals surface area contributed by atoms with Crippen LogP contribution in [0.1, 0.15) is 16.4 Å². The first-order valence-electron chi connectivity index (χ1n) is 4.65. The Morgan fingerprint density at radius 3 is 2.81 bits per heavy atom. The Bertz CT molecular complexity index is 522. The number of amides is 1. The largest absolute Gasteiger partial charge is 0.438 e. The Morgan fingerprint density at radius 1 is 1.44 bits per heavy atom. The van der Waals surface area contributed by atoms with Gasteiger partial charge in [0.25, 0.3) is 5.89 Å². The minimum absolute atomic E-state index is 0.0632. The van der Waals surface area contributed by atoms with E-state index in [-0.39, 0.29) is 11.8 Å². The van der Waals surface area contributed by atoms with Gasteiger partial charge in [-0.1, -0.05) is 12.1 Å². The lowest BCUT2D eigenvalue weighted by atomic mass is 10.3. The Kier molecular flexibility index (Phi) is 3.05. The van der Waals surface area contributed by atoms with Crippen LogP contribution in [0.5, 0.6) is 0 Å². The third kappa shape index (κ3) is 2.30. The number of aromatic nitrogens is 1. The third-order valence-electron chi connectivity index (χ3n) is 1.94. The second kappa shape index (κ2) is 4.49. The van der Waals surface area contributed by atoms with Gasteiger partial charge in [0.1, 0.15) is 5.76 Å². The van der Waals surface area contributed by atoms with Crippen LogP contribution in [0.25, 0.3) is 0 Å². The molecule has 16 heavy (non-hydrogen) atoms. The lowest BCUT2D eigenvalue weighted by Gasteiger charge is -2.04. The molecule has 1 aromatic heterocycles. The molecule has 2 aromatic rings. The van der Waals surface area contributed by atoms with E-state index in [0.29, 0.717) is 11.4 Å². The number of carbonyl (C=O) groups is 1. The van der Waals surface area contributed by atoms with E-state index in [9.17, 15) is 4.79 Å². The minimum Gasteiger partial charge on any atom is -0.438 e. The van der Waals surface area contributed by atoms with Crippen molar-refractivity contribution in [1.82, 2.24) is 4.98 Å². The molecule has 0 fully saturated rings. The normalized spacial score (nSPS) is 10.1. The zero-order valence-corrected chi connectivity index (χ0v) is 10.1. The lowest BCUT2D eigenvalue weighted by Crippen LogP contribution is -2.12. The van der Waals surface area contributed by atoms with Crippen LogP contribution < -0.4 is 5.32 Å². The van der Waals surface area contributed by atoms with E-state index < -0.39 is 0 Å². The SMILES string of the molecule is Cc1cnc(C(=O)Nc2ccccc2Br)o1. The zero-order valence-electron chi connectivity index (χ0n) is 8.53. The summed E-state index contributed by atoms with van der Waals surface area (Å²) in [4.78, 5) is 15.5. The summed E-state index contributed by atoms with van der Waals surface area (Å²) >= 11 is 3.34. The molecule has 0 unspecified atom stereocenters. The Morgan fingerprint density at radius 2 is 2.19 bits per heavy atom. The molecule has 1 heterocycles. The van der Waals surface area contributed by atoms with Gasteiger partial charge >= 0.3 is 5.91 Å². The molecule has 82 valence electrons. The molecule has 4 nitrogen and oxygen atoms in total. The number of carbonyl (C=O) groups excluding carboxylic acids is 1. The molecule has 1 aromatic carbocycles. The van der Waals surface area contributed by atoms with Crippen molar-refractivity contribution in [2.24, 2.45) is 0 Å². The van der Waals surface area contributed by atoms with Crippen molar-refractivity contribution in [3.8, 4) is 0 Å². The molecule has 5 heteroatoms. The molecule has 1 N–H and O–H groups in total. The van der Waals surface area contributed by atoms with Crippen molar-refractivity contribution in [3.05, 3.63) is 46.6 Å². The second-order valence-corrected chi connectivity index (χ2v) is 4.06. The van der Waals surface area contributed by atoms with Crippen LogP contribution in [0.15, 0.2) is 39.4 Å². The monoisotopic (exact) mass is 280 g/mol. The fourth-order valence-electron chi connectivity index (χ4n) is 1.20. The van der Waals surface area contributed by atoms with Crippen molar-refractivity contribution in [2.75, 3.05) is 5.32 Å². The molecule has 0 spiro atoms. The zero-order chi connectivity index (χ0) is 11.5. The molecular formula is C11H9BrN2O2. The molecular weight excluding hydrogens is 272 g/mol. The topological polar surface area (TPSA) is 55.1 Å². The third-order valence-corrected chi connectivity index (χ3v) is 2.63. The summed E-state index contributed by atoms with van der Waals surface area (Å²) in [5, 5.41) is 2.70. The summed E-state index contributed by atoms with van der Waals surface area (Å²) in [5.41, 5.74) is 0.684. The summed E-state index contributed by atoms with van der Waals surface area (Å²) in [7, 11) is 0. The summed E-state index contributed by atoms with van der Waals surface area (Å²) < 4.78 is 5.93. The highest BCUT2D eigenvalue weighted by molar-refractivity contribution is 9.10. The number of oxazole rings is 1. The van der Waals surface area contributed by atoms with Gasteiger partial charge < -0.3 is 9.73 Å². The van der Waals surface area contributed by atoms with Gasteiger partial charge in [-0.25, -0.2) is 4.98 Å². The van der Waals surface area contributed by atoms with Gasteiger partial charge in [-0.05, 0) is 35.0 Å². The Labute approximate surface area is 101 Å². The highest BCUT2D eigenvalue weighted by Gasteiger charge is 2.12. The van der Waals surface area contributed by atoms with Gasteiger partial charge in [-0.15, -0.1) is 0 Å². The van der Waals surface area contributed by atoms with Crippen LogP contribution in [0.2, 0.25) is 0 Å². The summed E-state index contributed by atoms with van der Waals surface area (Å²) in [6, 6.07) is 7.34. The van der Waals surface area contributed by atoms with Crippen LogP contribution in [0, 0.1) is 6.92 Å². The smallest absolute Gasteiger partial charge is 0.311 e. The van der Waals surface area contributed by atoms with Crippen molar-refractivity contribution >= 4 is 27.5 Å². The first-order chi connectivity index (χ1) is 7.66. The van der Waals surface area contributed by atoms with E-state index in [1.807, 2.05) is 18.2 Å². The van der Waals surface area contributed by atoms with Crippen molar-refractivity contribution in [2.45, 2.75) is 6.92 Å². The Hall–Kier alpha value is -1.62. The minimum atomic E-state index is -0.361. The maximum Gasteiger partial charge on any atom is 0.311 e. The van der Waals surface area contributed by atoms with Gasteiger partial charge in [0, 0.05) is 4.47 Å². The molecule has 0 aliphatic rings. The predicted molar refractivity (Wildman–Crippen MR) is 63.3 cm³/mol. The number of hydrogen-bond acceptors (Lipinski definition) is 3. The van der Waals surface area contributed by atoms with Crippen molar-refractivity contribution in [3.63, 3.8) is 0 Å². The summed E-state index contributed by atoms with van der Waals surface area (Å²) in [6.07, 6.45) is 1.51. The summed E-state index contributed by atoms with van der Waals surface area (Å²) in [5.74, 6) is 0.311. The molecule has 2 rings (SSSR count). The maximum atomic E-state index is 11.7. The van der Waals surface area contributed by atoms with Gasteiger partial charge in [-0.3, -0.25) is 4.79 Å². The average molecular weight is 281 g/mol. The molecule has 0 saturated carbocycles. The van der Waals surface area contributed by atoms with E-state index in [0.717, 1.165) is 4.47 Å². The number of nitrogens with zero attached hydrogens (tertiary/aromatic N) is 1. The van der Waals surface area contributed by atoms with Gasteiger partial charge in [0.05, 0.1) is 11.9 Å². The van der Waals surface area contributed by atoms with Crippen LogP contribution in [0.4, 0.5) is 5.69 Å². The molecule has 0 aliphatic carbocycles. The van der Waals surface area contributed by atoms with Crippen LogP contribution >= 0.6 is 15.9 Å². The number of rotatable bonds is 2. The highest BCUT2D eigenvalue weighted by atomic mass is 79.9. The van der Waals surface area contributed by atoms with Crippen LogP contribution in [-0.4, -0.2) is 10.9 Å². The first-order valence-corrected chi connectivity index (χ1v) is 5.44. The number of aryl methyl sites for hydroxylation is 1. The standard InChI is InChI=1S/C11H9BrN2O2/c1-7-6-13-11(16-7)10(15)14-9-5-3-2-4-8(9)12/h2-6H,1H3,(H,14,15). The van der Waals surface area contributed by atoms with E-state index in [1.165, 1.54) is 6.20 Å². The molecule has 0 aliphatic heterocycles. The summed E-state index contributed by atoms with van der Waals surface area (Å²) in [6.45, 7) is 1.74. The van der Waals surface area contributed by atoms with Crippen molar-refractivity contribution < 1.29 is 9.21 Å². The lowest BCUT2D eigenvalue weighted by molar-refractivity contribution is 0.0989. The van der Waals surface area contributed by atoms with E-state index in [4.69, 9.17) is 4.42 Å². The van der Waals surface area contributed by atoms with Gasteiger partial charge in [-0.2, -0.15) is 0 Å². The van der Waals surface area contributed by atoms with E-state index in [2.05, 4.69) is 26.2 Å². The molecule has 1 amide bonds. The molecule has 0 bridgehead atoms. The number of nitrogens with one attached hydrogen (secondary N) is 1. The number of anilines is 1. The fraction of sp³-hybridized carbons (Fsp3) is 0.0909. The van der Waals surface area contributed by atoms with Crippen LogP contribution in [0.3, 0.4) is 0 Å². The fourth-order valence-corrected chi connectivity index (χ4v) is 1.58. The van der Waals surface area contributed by atoms with E-state index in [1.54, 1.807) is 13.0 Å². The van der Waals surface area contributed by atoms with Gasteiger partial charge in [0.2, 0.25) is 0 Å². The number of hydrogen-bond donors (Lipinski definition) is 1. The van der Waals surface area contributed by atoms with Crippen LogP contribution in [-0.2, 0) is 0 Å². The van der Waals surface area contributed by atoms with Crippen molar-refractivity contribution in [1.29, 1.82) is 0 Å². The quantitative estimate of drug-likeness (QED) is 0.920. The van der Waals surface area contributed by atoms with E-state index >= 15 is 0 Å². The second-order valence-electron chi connectivity index (χ2n) is 3.21. The molecule has 0 saturated heterocycles. The predicted octanol–water partition coefficient (Wildman–Crippen LogP) is 3.00. The van der Waals surface area contributed by atoms with Gasteiger partial charge in [0.15, 0.2) is 0 Å². The molecule has 0 radical (unpaired) electrons. The number of para-hydroxylation sites is 1. The molecule has 0 atom stereocenters. The highest BCUT2D eigenvalue weighted by Crippen LogP contribution is 2.21.